The van der Waals surface area contributed by atoms with E-state index in [1.165, 1.54) is 0 Å². The summed E-state index contributed by atoms with van der Waals surface area (Å²) in [5, 5.41) is 2.19. The first-order chi connectivity index (χ1) is 9.33. The number of nitrogens with two attached hydrogens (primary N) is 1. The van der Waals surface area contributed by atoms with Crippen molar-refractivity contribution in [3.05, 3.63) is 72.3 Å². The van der Waals surface area contributed by atoms with Gasteiger partial charge in [-0.3, -0.25) is 0 Å². The Bertz CT molecular complexity index is 692. The Morgan fingerprint density at radius 2 is 1.58 bits per heavy atom. The Morgan fingerprint density at radius 1 is 0.842 bits per heavy atom. The first kappa shape index (κ1) is 11.6. The number of fused-ring (bicyclic) bond motifs is 1. The lowest BCUT2D eigenvalue weighted by molar-refractivity contribution is 0.310. The van der Waals surface area contributed by atoms with Crippen LogP contribution in [0.3, 0.4) is 0 Å². The lowest BCUT2D eigenvalue weighted by Crippen LogP contribution is -1.97. The van der Waals surface area contributed by atoms with Gasteiger partial charge in [0.1, 0.15) is 12.4 Å². The van der Waals surface area contributed by atoms with Crippen LogP contribution in [0.4, 0.5) is 5.69 Å². The van der Waals surface area contributed by atoms with Gasteiger partial charge in [-0.1, -0.05) is 54.6 Å². The Labute approximate surface area is 112 Å². The maximum absolute atomic E-state index is 5.91. The van der Waals surface area contributed by atoms with Crippen LogP contribution in [0.15, 0.2) is 66.7 Å². The topological polar surface area (TPSA) is 35.2 Å². The third-order valence-electron chi connectivity index (χ3n) is 3.08. The highest BCUT2D eigenvalue weighted by Crippen LogP contribution is 2.29. The Hall–Kier alpha value is -2.48. The zero-order valence-corrected chi connectivity index (χ0v) is 10.5. The van der Waals surface area contributed by atoms with Gasteiger partial charge in [-0.2, -0.15) is 0 Å². The normalized spacial score (nSPS) is 10.5. The largest absolute Gasteiger partial charge is 0.488 e. The molecule has 19 heavy (non-hydrogen) atoms. The maximum Gasteiger partial charge on any atom is 0.129 e. The summed E-state index contributed by atoms with van der Waals surface area (Å²) < 4.78 is 5.91. The molecule has 3 aromatic carbocycles. The van der Waals surface area contributed by atoms with Gasteiger partial charge in [-0.15, -0.1) is 0 Å². The van der Waals surface area contributed by atoms with Crippen molar-refractivity contribution in [3.8, 4) is 5.75 Å². The lowest BCUT2D eigenvalue weighted by atomic mass is 10.1. The van der Waals surface area contributed by atoms with Crippen molar-refractivity contribution < 1.29 is 4.74 Å². The van der Waals surface area contributed by atoms with Crippen molar-refractivity contribution in [1.29, 1.82) is 0 Å². The lowest BCUT2D eigenvalue weighted by Gasteiger charge is -2.10. The third-order valence-corrected chi connectivity index (χ3v) is 3.08. The second-order valence-electron chi connectivity index (χ2n) is 4.51. The number of rotatable bonds is 3. The molecule has 0 aliphatic heterocycles. The molecule has 0 aliphatic carbocycles. The van der Waals surface area contributed by atoms with Gasteiger partial charge >= 0.3 is 0 Å². The van der Waals surface area contributed by atoms with Crippen LogP contribution in [0.5, 0.6) is 5.75 Å². The molecule has 0 aromatic heterocycles. The van der Waals surface area contributed by atoms with Crippen molar-refractivity contribution >= 4 is 16.5 Å². The monoisotopic (exact) mass is 249 g/mol. The molecule has 0 saturated heterocycles. The van der Waals surface area contributed by atoms with Crippen LogP contribution in [0, 0.1) is 0 Å². The highest BCUT2D eigenvalue weighted by Gasteiger charge is 2.04. The van der Waals surface area contributed by atoms with Crippen molar-refractivity contribution in [2.75, 3.05) is 5.73 Å². The molecule has 0 saturated carbocycles. The summed E-state index contributed by atoms with van der Waals surface area (Å²) in [5.74, 6) is 0.833. The summed E-state index contributed by atoms with van der Waals surface area (Å²) in [7, 11) is 0. The summed E-state index contributed by atoms with van der Waals surface area (Å²) in [6.07, 6.45) is 0. The van der Waals surface area contributed by atoms with E-state index in [2.05, 4.69) is 18.2 Å². The van der Waals surface area contributed by atoms with E-state index in [4.69, 9.17) is 10.5 Å². The highest BCUT2D eigenvalue weighted by molar-refractivity contribution is 5.91. The van der Waals surface area contributed by atoms with E-state index in [-0.39, 0.29) is 0 Å². The molecule has 0 fully saturated rings. The van der Waals surface area contributed by atoms with Gasteiger partial charge in [-0.25, -0.2) is 0 Å². The molecule has 94 valence electrons. The number of anilines is 1. The van der Waals surface area contributed by atoms with Gasteiger partial charge in [0.2, 0.25) is 0 Å². The summed E-state index contributed by atoms with van der Waals surface area (Å²) in [6.45, 7) is 0.550. The van der Waals surface area contributed by atoms with Crippen LogP contribution < -0.4 is 10.5 Å². The summed E-state index contributed by atoms with van der Waals surface area (Å²) in [5.41, 5.74) is 7.78. The number of ether oxygens (including phenoxy) is 1. The molecule has 2 heteroatoms. The van der Waals surface area contributed by atoms with Gasteiger partial charge in [0.05, 0.1) is 0 Å². The van der Waals surface area contributed by atoms with E-state index in [1.54, 1.807) is 0 Å². The van der Waals surface area contributed by atoms with E-state index in [0.29, 0.717) is 6.61 Å². The predicted molar refractivity (Wildman–Crippen MR) is 79.1 cm³/mol. The zero-order chi connectivity index (χ0) is 13.1. The molecule has 0 spiro atoms. The first-order valence-corrected chi connectivity index (χ1v) is 6.28. The minimum atomic E-state index is 0.550. The molecule has 0 atom stereocenters. The highest BCUT2D eigenvalue weighted by atomic mass is 16.5. The summed E-state index contributed by atoms with van der Waals surface area (Å²) in [6, 6.07) is 22.1. The quantitative estimate of drug-likeness (QED) is 0.712. The smallest absolute Gasteiger partial charge is 0.129 e. The molecule has 0 heterocycles. The molecular formula is C17H15NO. The fourth-order valence-electron chi connectivity index (χ4n) is 2.15. The number of nitrogen functional groups attached to an aromatic ring is 1. The van der Waals surface area contributed by atoms with Crippen molar-refractivity contribution in [3.63, 3.8) is 0 Å². The van der Waals surface area contributed by atoms with E-state index >= 15 is 0 Å². The molecule has 0 aliphatic rings. The van der Waals surface area contributed by atoms with Gasteiger partial charge in [0.15, 0.2) is 0 Å². The first-order valence-electron chi connectivity index (χ1n) is 6.28. The number of benzene rings is 3. The average molecular weight is 249 g/mol. The van der Waals surface area contributed by atoms with Crippen LogP contribution in [0.1, 0.15) is 5.56 Å². The fraction of sp³-hybridized carbons (Fsp3) is 0.0588. The molecule has 2 nitrogen and oxygen atoms in total. The van der Waals surface area contributed by atoms with E-state index in [0.717, 1.165) is 27.8 Å². The van der Waals surface area contributed by atoms with Gasteiger partial charge in [0, 0.05) is 17.1 Å². The molecular weight excluding hydrogens is 234 g/mol. The molecule has 0 radical (unpaired) electrons. The minimum absolute atomic E-state index is 0.550. The van der Waals surface area contributed by atoms with Crippen LogP contribution in [0.25, 0.3) is 10.8 Å². The predicted octanol–water partition coefficient (Wildman–Crippen LogP) is 4.00. The zero-order valence-electron chi connectivity index (χ0n) is 10.5. The molecule has 2 N–H and O–H groups in total. The van der Waals surface area contributed by atoms with Crippen LogP contribution in [-0.2, 0) is 6.61 Å². The molecule has 3 rings (SSSR count). The number of hydrogen-bond donors (Lipinski definition) is 1. The van der Waals surface area contributed by atoms with Crippen LogP contribution in [-0.4, -0.2) is 0 Å². The molecule has 3 aromatic rings. The van der Waals surface area contributed by atoms with Gasteiger partial charge in [-0.05, 0) is 17.0 Å². The maximum atomic E-state index is 5.91. The van der Waals surface area contributed by atoms with Crippen LogP contribution in [0.2, 0.25) is 0 Å². The second kappa shape index (κ2) is 5.02. The molecule has 0 amide bonds. The van der Waals surface area contributed by atoms with Crippen molar-refractivity contribution in [2.24, 2.45) is 0 Å². The standard InChI is InChI=1S/C17H15NO/c18-15-10-14-8-4-5-9-16(14)17(11-15)19-12-13-6-2-1-3-7-13/h1-11H,12,18H2. The molecule has 0 bridgehead atoms. The van der Waals surface area contributed by atoms with E-state index in [1.807, 2.05) is 48.5 Å². The Kier molecular flexibility index (Phi) is 3.07. The van der Waals surface area contributed by atoms with Crippen molar-refractivity contribution in [2.45, 2.75) is 6.61 Å². The average Bonchev–Trinajstić information content (AvgIpc) is 2.45. The SMILES string of the molecule is Nc1cc(OCc2ccccc2)c2ccccc2c1. The van der Waals surface area contributed by atoms with Crippen molar-refractivity contribution in [1.82, 2.24) is 0 Å². The van der Waals surface area contributed by atoms with Gasteiger partial charge < -0.3 is 10.5 Å². The van der Waals surface area contributed by atoms with Gasteiger partial charge in [0.25, 0.3) is 0 Å². The van der Waals surface area contributed by atoms with E-state index < -0.39 is 0 Å². The van der Waals surface area contributed by atoms with Crippen LogP contribution >= 0.6 is 0 Å². The summed E-state index contributed by atoms with van der Waals surface area (Å²) >= 11 is 0. The summed E-state index contributed by atoms with van der Waals surface area (Å²) in [4.78, 5) is 0. The Balaban J connectivity index is 1.92. The number of hydrogen-bond acceptors (Lipinski definition) is 2. The second-order valence-corrected chi connectivity index (χ2v) is 4.51. The third kappa shape index (κ3) is 2.52. The molecule has 0 unspecified atom stereocenters. The fourth-order valence-corrected chi connectivity index (χ4v) is 2.15. The Morgan fingerprint density at radius 3 is 2.42 bits per heavy atom. The minimum Gasteiger partial charge on any atom is -0.488 e. The van der Waals surface area contributed by atoms with E-state index in [9.17, 15) is 0 Å².